The maximum absolute atomic E-state index is 12.7. The molecule has 2 atom stereocenters. The molecule has 3 heterocycles. The predicted molar refractivity (Wildman–Crippen MR) is 78.7 cm³/mol. The summed E-state index contributed by atoms with van der Waals surface area (Å²) in [7, 11) is -3.45. The number of oxazole rings is 1. The monoisotopic (exact) mass is 320 g/mol. The van der Waals surface area contributed by atoms with E-state index in [-0.39, 0.29) is 12.1 Å². The number of benzene rings is 1. The first-order valence-corrected chi connectivity index (χ1v) is 8.64. The van der Waals surface area contributed by atoms with Crippen LogP contribution in [0.5, 0.6) is 0 Å². The molecule has 0 unspecified atom stereocenters. The number of morpholine rings is 1. The topological polar surface area (TPSA) is 72.6 Å². The predicted octanol–water partition coefficient (Wildman–Crippen LogP) is 1.81. The van der Waals surface area contributed by atoms with Crippen LogP contribution in [0.1, 0.15) is 12.3 Å². The Morgan fingerprint density at radius 1 is 1.27 bits per heavy atom. The maximum Gasteiger partial charge on any atom is 0.243 e. The van der Waals surface area contributed by atoms with Gasteiger partial charge >= 0.3 is 0 Å². The Labute approximate surface area is 128 Å². The molecule has 116 valence electrons. The number of aromatic nitrogens is 1. The van der Waals surface area contributed by atoms with Gasteiger partial charge in [0.2, 0.25) is 10.0 Å². The van der Waals surface area contributed by atoms with Crippen LogP contribution in [0, 0.1) is 6.92 Å². The van der Waals surface area contributed by atoms with Crippen molar-refractivity contribution in [2.24, 2.45) is 0 Å². The molecular formula is C15H16N2O4S. The smallest absolute Gasteiger partial charge is 0.243 e. The first-order chi connectivity index (χ1) is 10.5. The summed E-state index contributed by atoms with van der Waals surface area (Å²) in [4.78, 5) is 4.55. The minimum absolute atomic E-state index is 0.0205. The fraction of sp³-hybridized carbons (Fsp3) is 0.400. The van der Waals surface area contributed by atoms with Gasteiger partial charge in [-0.3, -0.25) is 0 Å². The summed E-state index contributed by atoms with van der Waals surface area (Å²) in [6.07, 6.45) is 2.42. The van der Waals surface area contributed by atoms with Crippen LogP contribution in [0.15, 0.2) is 39.8 Å². The average Bonchev–Trinajstić information content (AvgIpc) is 3.23. The van der Waals surface area contributed by atoms with Crippen LogP contribution in [-0.2, 0) is 14.8 Å². The highest BCUT2D eigenvalue weighted by Gasteiger charge is 2.45. The average molecular weight is 320 g/mol. The van der Waals surface area contributed by atoms with Gasteiger partial charge < -0.3 is 9.15 Å². The minimum Gasteiger partial charge on any atom is -0.449 e. The molecule has 6 nitrogen and oxygen atoms in total. The van der Waals surface area contributed by atoms with E-state index in [1.807, 2.05) is 0 Å². The van der Waals surface area contributed by atoms with Crippen molar-refractivity contribution in [2.75, 3.05) is 13.2 Å². The van der Waals surface area contributed by atoms with Gasteiger partial charge in [0.25, 0.3) is 0 Å². The van der Waals surface area contributed by atoms with Gasteiger partial charge in [-0.1, -0.05) is 12.1 Å². The molecule has 2 bridgehead atoms. The molecule has 2 aliphatic rings. The van der Waals surface area contributed by atoms with Crippen LogP contribution in [0.3, 0.4) is 0 Å². The number of sulfonamides is 1. The van der Waals surface area contributed by atoms with Gasteiger partial charge in [-0.15, -0.1) is 0 Å². The summed E-state index contributed by atoms with van der Waals surface area (Å²) >= 11 is 0. The van der Waals surface area contributed by atoms with Crippen molar-refractivity contribution >= 4 is 10.0 Å². The van der Waals surface area contributed by atoms with E-state index in [2.05, 4.69) is 4.98 Å². The van der Waals surface area contributed by atoms with Crippen LogP contribution in [0.25, 0.3) is 11.3 Å². The van der Waals surface area contributed by atoms with E-state index in [1.165, 1.54) is 0 Å². The number of nitrogens with zero attached hydrogens (tertiary/aromatic N) is 2. The van der Waals surface area contributed by atoms with Crippen molar-refractivity contribution in [1.82, 2.24) is 9.29 Å². The maximum atomic E-state index is 12.7. The Kier molecular flexibility index (Phi) is 3.11. The second kappa shape index (κ2) is 4.91. The van der Waals surface area contributed by atoms with Gasteiger partial charge in [0.15, 0.2) is 5.89 Å². The molecule has 2 saturated heterocycles. The Balaban J connectivity index is 1.62. The lowest BCUT2D eigenvalue weighted by molar-refractivity contribution is 0.0608. The van der Waals surface area contributed by atoms with Crippen LogP contribution >= 0.6 is 0 Å². The molecule has 1 aromatic carbocycles. The standard InChI is InChI=1S/C15H16N2O4S/c1-10-16-15(9-20-10)11-2-4-14(5-3-11)22(18,19)17-7-13-6-12(17)8-21-13/h2-5,9,12-13H,6-8H2,1H3/t12-,13+/m0/s1. The highest BCUT2D eigenvalue weighted by atomic mass is 32.2. The molecule has 2 fully saturated rings. The van der Waals surface area contributed by atoms with Crippen molar-refractivity contribution in [2.45, 2.75) is 30.4 Å². The van der Waals surface area contributed by atoms with Gasteiger partial charge in [0.05, 0.1) is 23.6 Å². The first kappa shape index (κ1) is 13.9. The van der Waals surface area contributed by atoms with Crippen molar-refractivity contribution in [3.63, 3.8) is 0 Å². The fourth-order valence-corrected chi connectivity index (χ4v) is 4.74. The van der Waals surface area contributed by atoms with E-state index in [4.69, 9.17) is 9.15 Å². The third-order valence-electron chi connectivity index (χ3n) is 4.23. The SMILES string of the molecule is Cc1nc(-c2ccc(S(=O)(=O)N3C[C@H]4C[C@H]3CO4)cc2)co1. The molecule has 1 aromatic heterocycles. The third kappa shape index (κ3) is 2.16. The normalized spacial score (nSPS) is 25.0. The summed E-state index contributed by atoms with van der Waals surface area (Å²) < 4.78 is 37.6. The van der Waals surface area contributed by atoms with E-state index in [0.29, 0.717) is 29.6 Å². The number of fused-ring (bicyclic) bond motifs is 2. The van der Waals surface area contributed by atoms with Gasteiger partial charge in [-0.25, -0.2) is 13.4 Å². The number of hydrogen-bond acceptors (Lipinski definition) is 5. The Bertz CT molecular complexity index is 797. The lowest BCUT2D eigenvalue weighted by atomic mass is 10.2. The Morgan fingerprint density at radius 3 is 2.59 bits per heavy atom. The molecule has 0 amide bonds. The molecule has 0 radical (unpaired) electrons. The number of ether oxygens (including phenoxy) is 1. The Hall–Kier alpha value is -1.70. The van der Waals surface area contributed by atoms with E-state index in [1.54, 1.807) is 41.8 Å². The quantitative estimate of drug-likeness (QED) is 0.862. The summed E-state index contributed by atoms with van der Waals surface area (Å²) in [5.74, 6) is 0.583. The number of aryl methyl sites for hydroxylation is 1. The summed E-state index contributed by atoms with van der Waals surface area (Å²) in [5, 5.41) is 0. The molecular weight excluding hydrogens is 304 g/mol. The van der Waals surface area contributed by atoms with Crippen molar-refractivity contribution in [3.8, 4) is 11.3 Å². The molecule has 0 N–H and O–H groups in total. The molecule has 22 heavy (non-hydrogen) atoms. The molecule has 7 heteroatoms. The molecule has 0 saturated carbocycles. The van der Waals surface area contributed by atoms with E-state index in [0.717, 1.165) is 12.0 Å². The van der Waals surface area contributed by atoms with Crippen LogP contribution in [0.2, 0.25) is 0 Å². The summed E-state index contributed by atoms with van der Waals surface area (Å²) in [6, 6.07) is 6.75. The minimum atomic E-state index is -3.45. The molecule has 0 aliphatic carbocycles. The van der Waals surface area contributed by atoms with Crippen molar-refractivity contribution in [1.29, 1.82) is 0 Å². The zero-order chi connectivity index (χ0) is 15.3. The summed E-state index contributed by atoms with van der Waals surface area (Å²) in [5.41, 5.74) is 1.54. The van der Waals surface area contributed by atoms with Gasteiger partial charge in [0.1, 0.15) is 12.0 Å². The highest BCUT2D eigenvalue weighted by molar-refractivity contribution is 7.89. The van der Waals surface area contributed by atoms with Gasteiger partial charge in [-0.2, -0.15) is 4.31 Å². The number of hydrogen-bond donors (Lipinski definition) is 0. The van der Waals surface area contributed by atoms with Crippen molar-refractivity contribution < 1.29 is 17.6 Å². The van der Waals surface area contributed by atoms with Crippen LogP contribution in [-0.4, -0.2) is 43.0 Å². The number of rotatable bonds is 3. The fourth-order valence-electron chi connectivity index (χ4n) is 3.09. The lowest BCUT2D eigenvalue weighted by Crippen LogP contribution is -2.41. The van der Waals surface area contributed by atoms with Gasteiger partial charge in [0, 0.05) is 19.0 Å². The summed E-state index contributed by atoms with van der Waals surface area (Å²) in [6.45, 7) is 2.73. The van der Waals surface area contributed by atoms with Crippen LogP contribution in [0.4, 0.5) is 0 Å². The highest BCUT2D eigenvalue weighted by Crippen LogP contribution is 2.33. The first-order valence-electron chi connectivity index (χ1n) is 7.20. The molecule has 2 aromatic rings. The second-order valence-corrected chi connectivity index (χ2v) is 7.59. The second-order valence-electron chi connectivity index (χ2n) is 5.70. The largest absolute Gasteiger partial charge is 0.449 e. The van der Waals surface area contributed by atoms with E-state index in [9.17, 15) is 8.42 Å². The molecule has 4 rings (SSSR count). The van der Waals surface area contributed by atoms with E-state index >= 15 is 0 Å². The van der Waals surface area contributed by atoms with Crippen molar-refractivity contribution in [3.05, 3.63) is 36.4 Å². The van der Waals surface area contributed by atoms with E-state index < -0.39 is 10.0 Å². The van der Waals surface area contributed by atoms with Gasteiger partial charge in [-0.05, 0) is 18.6 Å². The Morgan fingerprint density at radius 2 is 2.05 bits per heavy atom. The molecule has 2 aliphatic heterocycles. The third-order valence-corrected chi connectivity index (χ3v) is 6.16. The molecule has 0 spiro atoms. The zero-order valence-electron chi connectivity index (χ0n) is 12.1. The van der Waals surface area contributed by atoms with Crippen LogP contribution < -0.4 is 0 Å². The lowest BCUT2D eigenvalue weighted by Gasteiger charge is -2.26. The zero-order valence-corrected chi connectivity index (χ0v) is 12.9.